The average Bonchev–Trinajstić information content (AvgIpc) is 2.91. The zero-order valence-electron chi connectivity index (χ0n) is 12.3. The summed E-state index contributed by atoms with van der Waals surface area (Å²) in [6.07, 6.45) is 3.25. The van der Waals surface area contributed by atoms with Gasteiger partial charge in [0.2, 0.25) is 5.71 Å². The van der Waals surface area contributed by atoms with Gasteiger partial charge in [0.05, 0.1) is 18.8 Å². The first kappa shape index (κ1) is 13.4. The molecule has 3 aromatic rings. The molecule has 0 saturated carbocycles. The van der Waals surface area contributed by atoms with Gasteiger partial charge in [-0.15, -0.1) is 0 Å². The minimum Gasteiger partial charge on any atom is -0.497 e. The summed E-state index contributed by atoms with van der Waals surface area (Å²) in [7, 11) is 1.66. The fraction of sp³-hybridized carbons (Fsp3) is 0.250. The number of ether oxygens (including phenoxy) is 1. The van der Waals surface area contributed by atoms with Gasteiger partial charge in [-0.1, -0.05) is 0 Å². The predicted octanol–water partition coefficient (Wildman–Crippen LogP) is 3.70. The van der Waals surface area contributed by atoms with E-state index in [4.69, 9.17) is 9.15 Å². The van der Waals surface area contributed by atoms with Crippen LogP contribution in [-0.2, 0) is 0 Å². The van der Waals surface area contributed by atoms with Crippen LogP contribution < -0.4 is 9.64 Å². The number of rotatable bonds is 4. The summed E-state index contributed by atoms with van der Waals surface area (Å²) in [5.74, 6) is 1.70. The normalized spacial score (nSPS) is 10.8. The zero-order valence-corrected chi connectivity index (χ0v) is 12.3. The van der Waals surface area contributed by atoms with Crippen LogP contribution in [0.3, 0.4) is 0 Å². The van der Waals surface area contributed by atoms with E-state index in [9.17, 15) is 0 Å². The Hall–Kier alpha value is -2.56. The van der Waals surface area contributed by atoms with Gasteiger partial charge in [0, 0.05) is 17.8 Å². The van der Waals surface area contributed by atoms with Gasteiger partial charge in [0.25, 0.3) is 0 Å². The molecule has 0 spiro atoms. The molecule has 2 heterocycles. The SMILES string of the molecule is CCN(c1ccc(OC)cc1)c1ncnc2occ(C)c12. The molecule has 21 heavy (non-hydrogen) atoms. The molecule has 108 valence electrons. The lowest BCUT2D eigenvalue weighted by Crippen LogP contribution is -2.17. The third-order valence-corrected chi connectivity index (χ3v) is 3.49. The highest BCUT2D eigenvalue weighted by molar-refractivity contribution is 5.91. The number of nitrogens with zero attached hydrogens (tertiary/aromatic N) is 3. The molecular formula is C16H17N3O2. The molecule has 5 heteroatoms. The summed E-state index contributed by atoms with van der Waals surface area (Å²) in [6, 6.07) is 7.93. The second-order valence-electron chi connectivity index (χ2n) is 4.74. The molecule has 0 aliphatic rings. The molecular weight excluding hydrogens is 266 g/mol. The molecule has 0 aliphatic heterocycles. The number of furan rings is 1. The number of hydrogen-bond acceptors (Lipinski definition) is 5. The van der Waals surface area contributed by atoms with Crippen LogP contribution in [0, 0.1) is 6.92 Å². The summed E-state index contributed by atoms with van der Waals surface area (Å²) in [5, 5.41) is 0.954. The Labute approximate surface area is 123 Å². The summed E-state index contributed by atoms with van der Waals surface area (Å²) in [4.78, 5) is 10.8. The van der Waals surface area contributed by atoms with Crippen LogP contribution >= 0.6 is 0 Å². The van der Waals surface area contributed by atoms with Crippen molar-refractivity contribution in [2.45, 2.75) is 13.8 Å². The second kappa shape index (κ2) is 5.44. The molecule has 0 N–H and O–H groups in total. The van der Waals surface area contributed by atoms with Gasteiger partial charge in [-0.25, -0.2) is 9.97 Å². The van der Waals surface area contributed by atoms with Crippen molar-refractivity contribution in [1.82, 2.24) is 9.97 Å². The van der Waals surface area contributed by atoms with Crippen molar-refractivity contribution in [1.29, 1.82) is 0 Å². The third kappa shape index (κ3) is 2.31. The van der Waals surface area contributed by atoms with Crippen molar-refractivity contribution in [3.63, 3.8) is 0 Å². The molecule has 1 aromatic carbocycles. The zero-order chi connectivity index (χ0) is 14.8. The van der Waals surface area contributed by atoms with E-state index in [0.717, 1.165) is 34.7 Å². The van der Waals surface area contributed by atoms with Crippen molar-refractivity contribution in [3.05, 3.63) is 42.4 Å². The number of aromatic nitrogens is 2. The summed E-state index contributed by atoms with van der Waals surface area (Å²) >= 11 is 0. The molecule has 0 atom stereocenters. The molecule has 0 aliphatic carbocycles. The molecule has 0 bridgehead atoms. The predicted molar refractivity (Wildman–Crippen MR) is 82.2 cm³/mol. The van der Waals surface area contributed by atoms with Crippen molar-refractivity contribution < 1.29 is 9.15 Å². The van der Waals surface area contributed by atoms with E-state index in [1.54, 1.807) is 13.4 Å². The summed E-state index contributed by atoms with van der Waals surface area (Å²) < 4.78 is 10.7. The van der Waals surface area contributed by atoms with E-state index >= 15 is 0 Å². The largest absolute Gasteiger partial charge is 0.497 e. The Morgan fingerprint density at radius 2 is 1.95 bits per heavy atom. The number of hydrogen-bond donors (Lipinski definition) is 0. The topological polar surface area (TPSA) is 51.4 Å². The average molecular weight is 283 g/mol. The van der Waals surface area contributed by atoms with E-state index in [1.807, 2.05) is 31.2 Å². The molecule has 0 radical (unpaired) electrons. The number of anilines is 2. The van der Waals surface area contributed by atoms with Gasteiger partial charge in [-0.3, -0.25) is 0 Å². The van der Waals surface area contributed by atoms with E-state index < -0.39 is 0 Å². The maximum atomic E-state index is 5.46. The molecule has 5 nitrogen and oxygen atoms in total. The van der Waals surface area contributed by atoms with Gasteiger partial charge in [0.15, 0.2) is 0 Å². The molecule has 2 aromatic heterocycles. The lowest BCUT2D eigenvalue weighted by molar-refractivity contribution is 0.415. The number of methoxy groups -OCH3 is 1. The molecule has 0 unspecified atom stereocenters. The van der Waals surface area contributed by atoms with Crippen LogP contribution in [0.15, 0.2) is 41.3 Å². The first-order valence-corrected chi connectivity index (χ1v) is 6.85. The third-order valence-electron chi connectivity index (χ3n) is 3.49. The van der Waals surface area contributed by atoms with Crippen LogP contribution in [0.4, 0.5) is 11.5 Å². The Morgan fingerprint density at radius 3 is 2.62 bits per heavy atom. The standard InChI is InChI=1S/C16H17N3O2/c1-4-19(12-5-7-13(20-3)8-6-12)15-14-11(2)9-21-16(14)18-10-17-15/h5-10H,4H2,1-3H3. The van der Waals surface area contributed by atoms with E-state index in [-0.39, 0.29) is 0 Å². The highest BCUT2D eigenvalue weighted by Crippen LogP contribution is 2.32. The van der Waals surface area contributed by atoms with Crippen molar-refractivity contribution in [2.75, 3.05) is 18.6 Å². The van der Waals surface area contributed by atoms with Crippen LogP contribution in [0.1, 0.15) is 12.5 Å². The van der Waals surface area contributed by atoms with Crippen LogP contribution in [-0.4, -0.2) is 23.6 Å². The number of fused-ring (bicyclic) bond motifs is 1. The Balaban J connectivity index is 2.11. The number of benzene rings is 1. The fourth-order valence-corrected chi connectivity index (χ4v) is 2.42. The Bertz CT molecular complexity index is 750. The Kier molecular flexibility index (Phi) is 3.48. The summed E-state index contributed by atoms with van der Waals surface area (Å²) in [5.41, 5.74) is 2.70. The van der Waals surface area contributed by atoms with Gasteiger partial charge in [0.1, 0.15) is 17.9 Å². The van der Waals surface area contributed by atoms with Crippen LogP contribution in [0.2, 0.25) is 0 Å². The lowest BCUT2D eigenvalue weighted by atomic mass is 10.2. The highest BCUT2D eigenvalue weighted by Gasteiger charge is 2.16. The molecule has 0 fully saturated rings. The van der Waals surface area contributed by atoms with Crippen LogP contribution in [0.25, 0.3) is 11.1 Å². The van der Waals surface area contributed by atoms with Crippen molar-refractivity contribution >= 4 is 22.6 Å². The van der Waals surface area contributed by atoms with E-state index in [0.29, 0.717) is 5.71 Å². The minimum atomic E-state index is 0.615. The minimum absolute atomic E-state index is 0.615. The first-order valence-electron chi connectivity index (χ1n) is 6.85. The lowest BCUT2D eigenvalue weighted by Gasteiger charge is -2.22. The maximum absolute atomic E-state index is 5.46. The quantitative estimate of drug-likeness (QED) is 0.730. The van der Waals surface area contributed by atoms with Gasteiger partial charge in [-0.05, 0) is 38.1 Å². The van der Waals surface area contributed by atoms with Crippen molar-refractivity contribution in [3.8, 4) is 5.75 Å². The monoisotopic (exact) mass is 283 g/mol. The fourth-order valence-electron chi connectivity index (χ4n) is 2.42. The number of aryl methyl sites for hydroxylation is 1. The van der Waals surface area contributed by atoms with E-state index in [1.165, 1.54) is 6.33 Å². The Morgan fingerprint density at radius 1 is 1.19 bits per heavy atom. The smallest absolute Gasteiger partial charge is 0.231 e. The highest BCUT2D eigenvalue weighted by atomic mass is 16.5. The van der Waals surface area contributed by atoms with Gasteiger partial charge < -0.3 is 14.1 Å². The van der Waals surface area contributed by atoms with Gasteiger partial charge in [-0.2, -0.15) is 0 Å². The second-order valence-corrected chi connectivity index (χ2v) is 4.74. The first-order chi connectivity index (χ1) is 10.2. The molecule has 0 saturated heterocycles. The summed E-state index contributed by atoms with van der Waals surface area (Å²) in [6.45, 7) is 4.89. The molecule has 0 amide bonds. The van der Waals surface area contributed by atoms with Crippen molar-refractivity contribution in [2.24, 2.45) is 0 Å². The van der Waals surface area contributed by atoms with E-state index in [2.05, 4.69) is 21.8 Å². The maximum Gasteiger partial charge on any atom is 0.231 e. The molecule has 3 rings (SSSR count). The van der Waals surface area contributed by atoms with Crippen LogP contribution in [0.5, 0.6) is 5.75 Å². The van der Waals surface area contributed by atoms with Gasteiger partial charge >= 0.3 is 0 Å².